The summed E-state index contributed by atoms with van der Waals surface area (Å²) in [5.41, 5.74) is 2.30. The van der Waals surface area contributed by atoms with E-state index in [4.69, 9.17) is 4.42 Å². The van der Waals surface area contributed by atoms with E-state index in [0.717, 1.165) is 37.4 Å². The predicted molar refractivity (Wildman–Crippen MR) is 74.6 cm³/mol. The lowest BCUT2D eigenvalue weighted by Gasteiger charge is -2.31. The van der Waals surface area contributed by atoms with E-state index in [1.54, 1.807) is 6.07 Å². The second kappa shape index (κ2) is 5.07. The van der Waals surface area contributed by atoms with E-state index in [9.17, 15) is 4.79 Å². The Hall–Kier alpha value is -1.79. The molecule has 2 heterocycles. The fraction of sp³-hybridized carbons (Fsp3) is 0.462. The zero-order valence-electron chi connectivity index (χ0n) is 10.9. The molecule has 102 valence electrons. The molecular weight excluding hydrogens is 244 g/mol. The van der Waals surface area contributed by atoms with Gasteiger partial charge in [-0.05, 0) is 25.2 Å². The largest absolute Gasteiger partial charge is 0.417 e. The second-order valence-electron chi connectivity index (χ2n) is 5.02. The average Bonchev–Trinajstić information content (AvgIpc) is 2.75. The van der Waals surface area contributed by atoms with Crippen LogP contribution in [0.4, 0.5) is 5.69 Å². The summed E-state index contributed by atoms with van der Waals surface area (Å²) < 4.78 is 4.97. The Balaban J connectivity index is 1.66. The highest BCUT2D eigenvalue weighted by Gasteiger charge is 2.15. The second-order valence-corrected chi connectivity index (χ2v) is 5.02. The van der Waals surface area contributed by atoms with Crippen molar-refractivity contribution in [1.29, 1.82) is 0 Å². The maximum atomic E-state index is 11.1. The molecule has 3 N–H and O–H groups in total. The number of anilines is 1. The molecule has 2 aromatic rings. The molecule has 3 rings (SSSR count). The van der Waals surface area contributed by atoms with Gasteiger partial charge in [0.25, 0.3) is 0 Å². The maximum Gasteiger partial charge on any atom is 0.417 e. The molecule has 0 saturated carbocycles. The standard InChI is InChI=1S/C13H18N4O2/c1-17-5-4-14-10(8-17)7-15-9-2-3-12-11(6-9)16-13(18)19-12/h2-3,6,10,14-15H,4-5,7-8H2,1H3,(H,16,18). The molecule has 6 nitrogen and oxygen atoms in total. The van der Waals surface area contributed by atoms with Gasteiger partial charge in [-0.2, -0.15) is 0 Å². The van der Waals surface area contributed by atoms with Crippen LogP contribution in [0.15, 0.2) is 27.4 Å². The van der Waals surface area contributed by atoms with Crippen LogP contribution in [0.5, 0.6) is 0 Å². The summed E-state index contributed by atoms with van der Waals surface area (Å²) >= 11 is 0. The highest BCUT2D eigenvalue weighted by molar-refractivity contribution is 5.76. The third kappa shape index (κ3) is 2.80. The lowest BCUT2D eigenvalue weighted by Crippen LogP contribution is -2.51. The summed E-state index contributed by atoms with van der Waals surface area (Å²) in [7, 11) is 2.14. The number of hydrogen-bond donors (Lipinski definition) is 3. The monoisotopic (exact) mass is 262 g/mol. The van der Waals surface area contributed by atoms with Gasteiger partial charge in [0.15, 0.2) is 5.58 Å². The Labute approximate surface area is 110 Å². The molecular formula is C13H18N4O2. The van der Waals surface area contributed by atoms with Crippen LogP contribution in [0.25, 0.3) is 11.1 Å². The van der Waals surface area contributed by atoms with Crippen LogP contribution in [0.1, 0.15) is 0 Å². The van der Waals surface area contributed by atoms with E-state index in [-0.39, 0.29) is 0 Å². The van der Waals surface area contributed by atoms with Crippen molar-refractivity contribution in [1.82, 2.24) is 15.2 Å². The topological polar surface area (TPSA) is 73.3 Å². The van der Waals surface area contributed by atoms with Crippen molar-refractivity contribution in [2.45, 2.75) is 6.04 Å². The molecule has 1 unspecified atom stereocenters. The van der Waals surface area contributed by atoms with Crippen molar-refractivity contribution < 1.29 is 4.42 Å². The Morgan fingerprint density at radius 2 is 2.42 bits per heavy atom. The van der Waals surface area contributed by atoms with Gasteiger partial charge in [0.05, 0.1) is 5.52 Å². The highest BCUT2D eigenvalue weighted by Crippen LogP contribution is 2.16. The summed E-state index contributed by atoms with van der Waals surface area (Å²) in [4.78, 5) is 16.1. The smallest absolute Gasteiger partial charge is 0.408 e. The summed E-state index contributed by atoms with van der Waals surface area (Å²) in [6.07, 6.45) is 0. The molecule has 1 saturated heterocycles. The third-order valence-corrected chi connectivity index (χ3v) is 3.43. The number of hydrogen-bond acceptors (Lipinski definition) is 5. The summed E-state index contributed by atoms with van der Waals surface area (Å²) in [6, 6.07) is 6.06. The van der Waals surface area contributed by atoms with Gasteiger partial charge in [0.1, 0.15) is 0 Å². The van der Waals surface area contributed by atoms with Crippen LogP contribution >= 0.6 is 0 Å². The first-order chi connectivity index (χ1) is 9.20. The molecule has 1 fully saturated rings. The van der Waals surface area contributed by atoms with E-state index in [0.29, 0.717) is 11.6 Å². The third-order valence-electron chi connectivity index (χ3n) is 3.43. The molecule has 1 aliphatic rings. The highest BCUT2D eigenvalue weighted by atomic mass is 16.4. The van der Waals surface area contributed by atoms with E-state index >= 15 is 0 Å². The van der Waals surface area contributed by atoms with Gasteiger partial charge in [-0.3, -0.25) is 4.98 Å². The van der Waals surface area contributed by atoms with Gasteiger partial charge < -0.3 is 20.0 Å². The summed E-state index contributed by atoms with van der Waals surface area (Å²) in [5.74, 6) is -0.414. The lowest BCUT2D eigenvalue weighted by molar-refractivity contribution is 0.244. The van der Waals surface area contributed by atoms with Crippen molar-refractivity contribution in [3.05, 3.63) is 28.7 Å². The van der Waals surface area contributed by atoms with Crippen molar-refractivity contribution in [2.24, 2.45) is 0 Å². The molecule has 0 amide bonds. The number of nitrogens with zero attached hydrogens (tertiary/aromatic N) is 1. The average molecular weight is 262 g/mol. The Kier molecular flexibility index (Phi) is 3.27. The molecule has 0 aliphatic carbocycles. The lowest BCUT2D eigenvalue weighted by atomic mass is 10.2. The van der Waals surface area contributed by atoms with Gasteiger partial charge in [-0.15, -0.1) is 0 Å². The van der Waals surface area contributed by atoms with E-state index in [1.165, 1.54) is 0 Å². The number of fused-ring (bicyclic) bond motifs is 1. The zero-order valence-corrected chi connectivity index (χ0v) is 10.9. The molecule has 19 heavy (non-hydrogen) atoms. The van der Waals surface area contributed by atoms with Gasteiger partial charge in [-0.1, -0.05) is 0 Å². The van der Waals surface area contributed by atoms with Crippen LogP contribution < -0.4 is 16.4 Å². The van der Waals surface area contributed by atoms with Crippen LogP contribution in [0.2, 0.25) is 0 Å². The van der Waals surface area contributed by atoms with Gasteiger partial charge in [-0.25, -0.2) is 4.79 Å². The maximum absolute atomic E-state index is 11.1. The SMILES string of the molecule is CN1CCNC(CNc2ccc3oc(=O)[nH]c3c2)C1. The molecule has 6 heteroatoms. The number of aromatic amines is 1. The first-order valence-corrected chi connectivity index (χ1v) is 6.49. The molecule has 0 radical (unpaired) electrons. The number of rotatable bonds is 3. The van der Waals surface area contributed by atoms with Crippen LogP contribution in [0, 0.1) is 0 Å². The van der Waals surface area contributed by atoms with Gasteiger partial charge in [0.2, 0.25) is 0 Å². The van der Waals surface area contributed by atoms with Crippen LogP contribution in [0.3, 0.4) is 0 Å². The predicted octanol–water partition coefficient (Wildman–Crippen LogP) is 0.437. The van der Waals surface area contributed by atoms with Crippen molar-refractivity contribution in [3.8, 4) is 0 Å². The Morgan fingerprint density at radius 3 is 3.26 bits per heavy atom. The Bertz CT molecular complexity index is 618. The van der Waals surface area contributed by atoms with E-state index in [1.807, 2.05) is 12.1 Å². The van der Waals surface area contributed by atoms with Gasteiger partial charge >= 0.3 is 5.76 Å². The molecule has 1 aromatic heterocycles. The number of nitrogens with one attached hydrogen (secondary N) is 3. The number of piperazine rings is 1. The van der Waals surface area contributed by atoms with Crippen LogP contribution in [-0.2, 0) is 0 Å². The van der Waals surface area contributed by atoms with E-state index < -0.39 is 5.76 Å². The number of oxazole rings is 1. The zero-order chi connectivity index (χ0) is 13.2. The van der Waals surface area contributed by atoms with Crippen molar-refractivity contribution >= 4 is 16.8 Å². The number of aromatic nitrogens is 1. The summed E-state index contributed by atoms with van der Waals surface area (Å²) in [6.45, 7) is 4.02. The molecule has 1 aliphatic heterocycles. The summed E-state index contributed by atoms with van der Waals surface area (Å²) in [5, 5.41) is 6.86. The first kappa shape index (κ1) is 12.3. The van der Waals surface area contributed by atoms with E-state index in [2.05, 4.69) is 27.6 Å². The normalized spacial score (nSPS) is 20.8. The molecule has 0 bridgehead atoms. The minimum Gasteiger partial charge on any atom is -0.408 e. The number of likely N-dealkylation sites (N-methyl/N-ethyl adjacent to an activating group) is 1. The molecule has 1 aromatic carbocycles. The van der Waals surface area contributed by atoms with Crippen LogP contribution in [-0.4, -0.2) is 49.2 Å². The quantitative estimate of drug-likeness (QED) is 0.748. The van der Waals surface area contributed by atoms with Crippen molar-refractivity contribution in [3.63, 3.8) is 0 Å². The minimum absolute atomic E-state index is 0.414. The fourth-order valence-corrected chi connectivity index (χ4v) is 2.43. The number of H-pyrrole nitrogens is 1. The number of benzene rings is 1. The molecule has 1 atom stereocenters. The van der Waals surface area contributed by atoms with Gasteiger partial charge in [0, 0.05) is 37.9 Å². The molecule has 0 spiro atoms. The van der Waals surface area contributed by atoms with Crippen molar-refractivity contribution in [2.75, 3.05) is 38.5 Å². The fourth-order valence-electron chi connectivity index (χ4n) is 2.43. The first-order valence-electron chi connectivity index (χ1n) is 6.49. The minimum atomic E-state index is -0.414. The Morgan fingerprint density at radius 1 is 1.53 bits per heavy atom.